The number of nitrogen functional groups attached to an aromatic ring is 1. The zero-order valence-electron chi connectivity index (χ0n) is 14.9. The first kappa shape index (κ1) is 18.1. The zero-order valence-corrected chi connectivity index (χ0v) is 14.9. The third-order valence-corrected chi connectivity index (χ3v) is 4.55. The van der Waals surface area contributed by atoms with E-state index in [4.69, 9.17) is 5.73 Å². The quantitative estimate of drug-likeness (QED) is 0.760. The van der Waals surface area contributed by atoms with Crippen molar-refractivity contribution >= 4 is 11.6 Å². The van der Waals surface area contributed by atoms with Crippen molar-refractivity contribution in [3.05, 3.63) is 65.2 Å². The lowest BCUT2D eigenvalue weighted by Gasteiger charge is -2.26. The van der Waals surface area contributed by atoms with Crippen LogP contribution in [-0.2, 0) is 23.1 Å². The number of para-hydroxylation sites is 1. The maximum absolute atomic E-state index is 12.2. The van der Waals surface area contributed by atoms with E-state index in [1.54, 1.807) is 0 Å². The molecule has 2 rings (SSSR count). The van der Waals surface area contributed by atoms with Crippen molar-refractivity contribution in [3.8, 4) is 0 Å². The third-order valence-electron chi connectivity index (χ3n) is 4.55. The number of nitrogens with two attached hydrogens (primary N) is 1. The summed E-state index contributed by atoms with van der Waals surface area (Å²) in [7, 11) is 0. The van der Waals surface area contributed by atoms with Crippen molar-refractivity contribution in [1.29, 1.82) is 0 Å². The maximum Gasteiger partial charge on any atom is 0.220 e. The predicted octanol–water partition coefficient (Wildman–Crippen LogP) is 3.86. The van der Waals surface area contributed by atoms with Gasteiger partial charge >= 0.3 is 0 Å². The van der Waals surface area contributed by atoms with Gasteiger partial charge in [-0.25, -0.2) is 0 Å². The Morgan fingerprint density at radius 2 is 1.75 bits per heavy atom. The zero-order chi connectivity index (χ0) is 17.6. The van der Waals surface area contributed by atoms with Crippen LogP contribution in [0.4, 0.5) is 5.69 Å². The van der Waals surface area contributed by atoms with Gasteiger partial charge in [-0.05, 0) is 35.6 Å². The summed E-state index contributed by atoms with van der Waals surface area (Å²) in [6, 6.07) is 16.4. The molecule has 0 atom stereocenters. The van der Waals surface area contributed by atoms with Crippen molar-refractivity contribution in [2.45, 2.75) is 45.4 Å². The summed E-state index contributed by atoms with van der Waals surface area (Å²) in [6.45, 7) is 7.09. The first-order valence-corrected chi connectivity index (χ1v) is 8.62. The van der Waals surface area contributed by atoms with Gasteiger partial charge in [0, 0.05) is 24.1 Å². The first-order chi connectivity index (χ1) is 11.4. The Balaban J connectivity index is 1.86. The largest absolute Gasteiger partial charge is 0.399 e. The Morgan fingerprint density at radius 3 is 2.38 bits per heavy atom. The van der Waals surface area contributed by atoms with Crippen molar-refractivity contribution in [2.24, 2.45) is 0 Å². The molecular formula is C21H28N2O. The molecule has 0 aliphatic rings. The van der Waals surface area contributed by atoms with Crippen LogP contribution < -0.4 is 11.1 Å². The second kappa shape index (κ2) is 8.00. The van der Waals surface area contributed by atoms with Crippen LogP contribution in [0.1, 0.15) is 43.9 Å². The molecule has 0 fully saturated rings. The molecule has 0 spiro atoms. The van der Waals surface area contributed by atoms with Gasteiger partial charge < -0.3 is 11.1 Å². The van der Waals surface area contributed by atoms with Gasteiger partial charge in [0.1, 0.15) is 0 Å². The van der Waals surface area contributed by atoms with E-state index in [1.165, 1.54) is 11.1 Å². The van der Waals surface area contributed by atoms with Crippen LogP contribution in [0.2, 0.25) is 0 Å². The molecule has 0 unspecified atom stereocenters. The fraction of sp³-hybridized carbons (Fsp3) is 0.381. The molecule has 3 N–H and O–H groups in total. The molecule has 0 saturated carbocycles. The van der Waals surface area contributed by atoms with Gasteiger partial charge in [0.15, 0.2) is 0 Å². The molecule has 24 heavy (non-hydrogen) atoms. The standard InChI is InChI=1S/C21H28N2O/c1-4-16-9-12-18(13-10-16)21(2,3)15-23-20(24)14-11-17-7-5-6-8-19(17)22/h5-10,12-13H,4,11,14-15,22H2,1-3H3,(H,23,24). The highest BCUT2D eigenvalue weighted by Gasteiger charge is 2.21. The van der Waals surface area contributed by atoms with Crippen LogP contribution in [0.15, 0.2) is 48.5 Å². The van der Waals surface area contributed by atoms with Crippen molar-refractivity contribution < 1.29 is 4.79 Å². The number of aryl methyl sites for hydroxylation is 2. The Morgan fingerprint density at radius 1 is 1.08 bits per heavy atom. The highest BCUT2D eigenvalue weighted by atomic mass is 16.1. The average Bonchev–Trinajstić information content (AvgIpc) is 2.59. The van der Waals surface area contributed by atoms with Gasteiger partial charge in [0.2, 0.25) is 5.91 Å². The molecule has 2 aromatic rings. The molecule has 0 bridgehead atoms. The fourth-order valence-corrected chi connectivity index (χ4v) is 2.71. The number of hydrogen-bond donors (Lipinski definition) is 2. The lowest BCUT2D eigenvalue weighted by atomic mass is 9.84. The van der Waals surface area contributed by atoms with E-state index in [1.807, 2.05) is 24.3 Å². The minimum atomic E-state index is -0.0896. The van der Waals surface area contributed by atoms with Crippen LogP contribution in [0.5, 0.6) is 0 Å². The molecule has 0 saturated heterocycles. The Kier molecular flexibility index (Phi) is 6.02. The van der Waals surface area contributed by atoms with Crippen molar-refractivity contribution in [2.75, 3.05) is 12.3 Å². The summed E-state index contributed by atoms with van der Waals surface area (Å²) in [5, 5.41) is 3.06. The van der Waals surface area contributed by atoms with Gasteiger partial charge in [0.05, 0.1) is 0 Å². The smallest absolute Gasteiger partial charge is 0.220 e. The van der Waals surface area contributed by atoms with E-state index in [2.05, 4.69) is 50.4 Å². The summed E-state index contributed by atoms with van der Waals surface area (Å²) >= 11 is 0. The second-order valence-corrected chi connectivity index (χ2v) is 6.91. The molecular weight excluding hydrogens is 296 g/mol. The molecule has 3 heteroatoms. The number of rotatable bonds is 7. The summed E-state index contributed by atoms with van der Waals surface area (Å²) in [5.41, 5.74) is 10.2. The lowest BCUT2D eigenvalue weighted by molar-refractivity contribution is -0.121. The normalized spacial score (nSPS) is 11.3. The van der Waals surface area contributed by atoms with Gasteiger partial charge in [-0.2, -0.15) is 0 Å². The number of nitrogens with one attached hydrogen (secondary N) is 1. The Hall–Kier alpha value is -2.29. The molecule has 0 aromatic heterocycles. The van der Waals surface area contributed by atoms with Crippen molar-refractivity contribution in [3.63, 3.8) is 0 Å². The molecule has 0 aliphatic heterocycles. The van der Waals surface area contributed by atoms with Gasteiger partial charge in [0.25, 0.3) is 0 Å². The van der Waals surface area contributed by atoms with E-state index in [0.29, 0.717) is 19.4 Å². The molecule has 0 heterocycles. The monoisotopic (exact) mass is 324 g/mol. The summed E-state index contributed by atoms with van der Waals surface area (Å²) in [6.07, 6.45) is 2.17. The highest BCUT2D eigenvalue weighted by Crippen LogP contribution is 2.23. The molecule has 3 nitrogen and oxygen atoms in total. The predicted molar refractivity (Wildman–Crippen MR) is 101 cm³/mol. The number of carbonyl (C=O) groups is 1. The van der Waals surface area contributed by atoms with Gasteiger partial charge in [-0.15, -0.1) is 0 Å². The van der Waals surface area contributed by atoms with Crippen molar-refractivity contribution in [1.82, 2.24) is 5.32 Å². The first-order valence-electron chi connectivity index (χ1n) is 8.62. The van der Waals surface area contributed by atoms with Crippen LogP contribution in [0, 0.1) is 0 Å². The third kappa shape index (κ3) is 4.85. The molecule has 0 aliphatic carbocycles. The number of anilines is 1. The average molecular weight is 324 g/mol. The van der Waals surface area contributed by atoms with Crippen LogP contribution in [-0.4, -0.2) is 12.5 Å². The van der Waals surface area contributed by atoms with Crippen LogP contribution in [0.25, 0.3) is 0 Å². The van der Waals surface area contributed by atoms with E-state index in [-0.39, 0.29) is 11.3 Å². The number of hydrogen-bond acceptors (Lipinski definition) is 2. The fourth-order valence-electron chi connectivity index (χ4n) is 2.71. The van der Waals surface area contributed by atoms with E-state index < -0.39 is 0 Å². The molecule has 1 amide bonds. The summed E-state index contributed by atoms with van der Waals surface area (Å²) in [4.78, 5) is 12.2. The minimum Gasteiger partial charge on any atom is -0.399 e. The van der Waals surface area contributed by atoms with Gasteiger partial charge in [-0.3, -0.25) is 4.79 Å². The summed E-state index contributed by atoms with van der Waals surface area (Å²) in [5.74, 6) is 0.0662. The van der Waals surface area contributed by atoms with Crippen LogP contribution >= 0.6 is 0 Å². The minimum absolute atomic E-state index is 0.0662. The Labute approximate surface area is 145 Å². The Bertz CT molecular complexity index is 674. The van der Waals surface area contributed by atoms with E-state index in [0.717, 1.165) is 17.7 Å². The van der Waals surface area contributed by atoms with Gasteiger partial charge in [-0.1, -0.05) is 63.2 Å². The van der Waals surface area contributed by atoms with E-state index >= 15 is 0 Å². The number of carbonyl (C=O) groups excluding carboxylic acids is 1. The lowest BCUT2D eigenvalue weighted by Crippen LogP contribution is -2.36. The highest BCUT2D eigenvalue weighted by molar-refractivity contribution is 5.76. The summed E-state index contributed by atoms with van der Waals surface area (Å²) < 4.78 is 0. The number of amides is 1. The molecule has 128 valence electrons. The maximum atomic E-state index is 12.2. The topological polar surface area (TPSA) is 55.1 Å². The van der Waals surface area contributed by atoms with Crippen LogP contribution in [0.3, 0.4) is 0 Å². The molecule has 2 aromatic carbocycles. The van der Waals surface area contributed by atoms with E-state index in [9.17, 15) is 4.79 Å². The SMILES string of the molecule is CCc1ccc(C(C)(C)CNC(=O)CCc2ccccc2N)cc1. The molecule has 0 radical (unpaired) electrons. The number of benzene rings is 2. The second-order valence-electron chi connectivity index (χ2n) is 6.91.